The highest BCUT2D eigenvalue weighted by Gasteiger charge is 2.26. The Hall–Kier alpha value is -1.56. The number of anilines is 1. The van der Waals surface area contributed by atoms with Gasteiger partial charge in [0.1, 0.15) is 17.4 Å². The molecule has 0 bridgehead atoms. The van der Waals surface area contributed by atoms with Gasteiger partial charge in [-0.15, -0.1) is 0 Å². The van der Waals surface area contributed by atoms with E-state index in [0.29, 0.717) is 23.6 Å². The zero-order chi connectivity index (χ0) is 13.1. The van der Waals surface area contributed by atoms with Crippen molar-refractivity contribution in [2.45, 2.75) is 39.2 Å². The number of nitrogens with zero attached hydrogens (tertiary/aromatic N) is 1. The lowest BCUT2D eigenvalue weighted by atomic mass is 9.80. The van der Waals surface area contributed by atoms with Crippen LogP contribution in [0.4, 0.5) is 10.1 Å². The molecule has 1 aliphatic rings. The molecule has 0 radical (unpaired) electrons. The van der Waals surface area contributed by atoms with E-state index in [0.717, 1.165) is 6.42 Å². The molecule has 1 aliphatic carbocycles. The molecule has 3 unspecified atom stereocenters. The van der Waals surface area contributed by atoms with Crippen LogP contribution in [0.15, 0.2) is 18.2 Å². The molecule has 3 heteroatoms. The van der Waals surface area contributed by atoms with E-state index in [1.54, 1.807) is 12.1 Å². The highest BCUT2D eigenvalue weighted by atomic mass is 19.1. The van der Waals surface area contributed by atoms with Gasteiger partial charge in [0, 0.05) is 6.04 Å². The van der Waals surface area contributed by atoms with E-state index in [1.807, 2.05) is 6.07 Å². The highest BCUT2D eigenvalue weighted by molar-refractivity contribution is 5.58. The molecule has 0 spiro atoms. The molecule has 1 N–H and O–H groups in total. The smallest absolute Gasteiger partial charge is 0.143 e. The normalized spacial score (nSPS) is 27.6. The van der Waals surface area contributed by atoms with Crippen LogP contribution in [0.25, 0.3) is 0 Å². The van der Waals surface area contributed by atoms with Crippen LogP contribution < -0.4 is 5.32 Å². The lowest BCUT2D eigenvalue weighted by Crippen LogP contribution is -2.33. The van der Waals surface area contributed by atoms with Gasteiger partial charge in [-0.3, -0.25) is 0 Å². The molecule has 0 aromatic heterocycles. The second kappa shape index (κ2) is 5.39. The van der Waals surface area contributed by atoms with Crippen LogP contribution in [0.5, 0.6) is 0 Å². The van der Waals surface area contributed by atoms with Crippen LogP contribution in [0.3, 0.4) is 0 Å². The van der Waals surface area contributed by atoms with Gasteiger partial charge in [0.25, 0.3) is 0 Å². The number of hydrogen-bond donors (Lipinski definition) is 1. The van der Waals surface area contributed by atoms with E-state index < -0.39 is 5.82 Å². The first-order chi connectivity index (χ1) is 8.61. The zero-order valence-corrected chi connectivity index (χ0v) is 10.9. The van der Waals surface area contributed by atoms with Crippen molar-refractivity contribution in [3.8, 4) is 6.07 Å². The number of nitriles is 1. The summed E-state index contributed by atoms with van der Waals surface area (Å²) in [5.74, 6) is 0.813. The number of halogens is 1. The van der Waals surface area contributed by atoms with Gasteiger partial charge in [-0.25, -0.2) is 4.39 Å². The van der Waals surface area contributed by atoms with Gasteiger partial charge in [-0.2, -0.15) is 5.26 Å². The summed E-state index contributed by atoms with van der Waals surface area (Å²) in [6.07, 6.45) is 3.53. The molecule has 0 aliphatic heterocycles. The van der Waals surface area contributed by atoms with E-state index >= 15 is 0 Å². The van der Waals surface area contributed by atoms with E-state index in [9.17, 15) is 4.39 Å². The molecule has 1 saturated carbocycles. The van der Waals surface area contributed by atoms with Crippen LogP contribution >= 0.6 is 0 Å². The Bertz CT molecular complexity index is 464. The monoisotopic (exact) mass is 246 g/mol. The molecule has 18 heavy (non-hydrogen) atoms. The molecule has 0 amide bonds. The van der Waals surface area contributed by atoms with Crippen molar-refractivity contribution in [1.82, 2.24) is 0 Å². The lowest BCUT2D eigenvalue weighted by molar-refractivity contribution is 0.280. The van der Waals surface area contributed by atoms with Crippen molar-refractivity contribution in [3.05, 3.63) is 29.6 Å². The third kappa shape index (κ3) is 2.64. The van der Waals surface area contributed by atoms with Crippen LogP contribution in [-0.2, 0) is 0 Å². The maximum absolute atomic E-state index is 13.5. The van der Waals surface area contributed by atoms with Crippen molar-refractivity contribution in [1.29, 1.82) is 5.26 Å². The summed E-state index contributed by atoms with van der Waals surface area (Å²) in [5.41, 5.74) is 0.756. The molecule has 96 valence electrons. The second-order valence-corrected chi connectivity index (χ2v) is 5.42. The van der Waals surface area contributed by atoms with E-state index in [2.05, 4.69) is 19.2 Å². The fourth-order valence-corrected chi connectivity index (χ4v) is 2.69. The van der Waals surface area contributed by atoms with Crippen molar-refractivity contribution in [3.63, 3.8) is 0 Å². The minimum absolute atomic E-state index is 0.128. The molecule has 0 saturated heterocycles. The molecule has 0 heterocycles. The molecule has 1 aromatic rings. The summed E-state index contributed by atoms with van der Waals surface area (Å²) in [6, 6.07) is 7.04. The van der Waals surface area contributed by atoms with Crippen LogP contribution in [0.1, 0.15) is 38.7 Å². The Morgan fingerprint density at radius 2 is 2.11 bits per heavy atom. The third-order valence-corrected chi connectivity index (χ3v) is 3.92. The Labute approximate surface area is 108 Å². The number of hydrogen-bond acceptors (Lipinski definition) is 2. The zero-order valence-electron chi connectivity index (χ0n) is 10.9. The lowest BCUT2D eigenvalue weighted by Gasteiger charge is -2.34. The SMILES string of the molecule is CC1CCC(C)C(Nc2cccc(F)c2C#N)C1. The molecule has 3 atom stereocenters. The molecule has 2 rings (SSSR count). The average molecular weight is 246 g/mol. The van der Waals surface area contributed by atoms with E-state index in [-0.39, 0.29) is 5.56 Å². The maximum atomic E-state index is 13.5. The van der Waals surface area contributed by atoms with Crippen molar-refractivity contribution in [2.75, 3.05) is 5.32 Å². The van der Waals surface area contributed by atoms with Crippen molar-refractivity contribution >= 4 is 5.69 Å². The predicted molar refractivity (Wildman–Crippen MR) is 70.7 cm³/mol. The van der Waals surface area contributed by atoms with Gasteiger partial charge in [-0.05, 0) is 36.8 Å². The third-order valence-electron chi connectivity index (χ3n) is 3.92. The van der Waals surface area contributed by atoms with Gasteiger partial charge < -0.3 is 5.32 Å². The van der Waals surface area contributed by atoms with E-state index in [1.165, 1.54) is 18.9 Å². The highest BCUT2D eigenvalue weighted by Crippen LogP contribution is 2.31. The van der Waals surface area contributed by atoms with Crippen LogP contribution in [-0.4, -0.2) is 6.04 Å². The Balaban J connectivity index is 2.18. The fourth-order valence-electron chi connectivity index (χ4n) is 2.69. The second-order valence-electron chi connectivity index (χ2n) is 5.42. The summed E-state index contributed by atoms with van der Waals surface area (Å²) in [7, 11) is 0. The number of nitrogens with one attached hydrogen (secondary N) is 1. The first-order valence-corrected chi connectivity index (χ1v) is 6.57. The van der Waals surface area contributed by atoms with Gasteiger partial charge in [-0.1, -0.05) is 26.3 Å². The van der Waals surface area contributed by atoms with Gasteiger partial charge >= 0.3 is 0 Å². The molecule has 1 fully saturated rings. The van der Waals surface area contributed by atoms with Crippen molar-refractivity contribution < 1.29 is 4.39 Å². The number of benzene rings is 1. The summed E-state index contributed by atoms with van der Waals surface area (Å²) in [5, 5.41) is 12.4. The van der Waals surface area contributed by atoms with Crippen LogP contribution in [0.2, 0.25) is 0 Å². The van der Waals surface area contributed by atoms with Gasteiger partial charge in [0.15, 0.2) is 0 Å². The first kappa shape index (κ1) is 12.9. The standard InChI is InChI=1S/C15H19FN2/c1-10-6-7-11(2)15(8-10)18-14-5-3-4-13(16)12(14)9-17/h3-5,10-11,15,18H,6-8H2,1-2H3. The molecular formula is C15H19FN2. The summed E-state index contributed by atoms with van der Waals surface area (Å²) >= 11 is 0. The van der Waals surface area contributed by atoms with Gasteiger partial charge in [0.05, 0.1) is 5.69 Å². The Kier molecular flexibility index (Phi) is 3.86. The fraction of sp³-hybridized carbons (Fsp3) is 0.533. The number of rotatable bonds is 2. The molecular weight excluding hydrogens is 227 g/mol. The summed E-state index contributed by atoms with van der Waals surface area (Å²) < 4.78 is 13.5. The first-order valence-electron chi connectivity index (χ1n) is 6.57. The Morgan fingerprint density at radius 3 is 2.83 bits per heavy atom. The summed E-state index contributed by atoms with van der Waals surface area (Å²) in [6.45, 7) is 4.46. The van der Waals surface area contributed by atoms with Gasteiger partial charge in [0.2, 0.25) is 0 Å². The quantitative estimate of drug-likeness (QED) is 0.858. The topological polar surface area (TPSA) is 35.8 Å². The van der Waals surface area contributed by atoms with E-state index in [4.69, 9.17) is 5.26 Å². The average Bonchev–Trinajstić information content (AvgIpc) is 2.34. The Morgan fingerprint density at radius 1 is 1.33 bits per heavy atom. The minimum atomic E-state index is -0.445. The molecule has 2 nitrogen and oxygen atoms in total. The predicted octanol–water partition coefficient (Wildman–Crippen LogP) is 3.93. The minimum Gasteiger partial charge on any atom is -0.381 e. The molecule has 1 aromatic carbocycles. The van der Waals surface area contributed by atoms with Crippen LogP contribution in [0, 0.1) is 29.0 Å². The largest absolute Gasteiger partial charge is 0.381 e. The maximum Gasteiger partial charge on any atom is 0.143 e. The summed E-state index contributed by atoms with van der Waals surface area (Å²) in [4.78, 5) is 0. The van der Waals surface area contributed by atoms with Crippen molar-refractivity contribution in [2.24, 2.45) is 11.8 Å².